The number of amides is 3. The van der Waals surface area contributed by atoms with Gasteiger partial charge in [-0.2, -0.15) is 0 Å². The predicted molar refractivity (Wildman–Crippen MR) is 128 cm³/mol. The van der Waals surface area contributed by atoms with Crippen molar-refractivity contribution < 1.29 is 18.8 Å². The van der Waals surface area contributed by atoms with Gasteiger partial charge in [0.1, 0.15) is 5.82 Å². The summed E-state index contributed by atoms with van der Waals surface area (Å²) in [6.07, 6.45) is 4.91. The van der Waals surface area contributed by atoms with E-state index in [1.54, 1.807) is 29.2 Å². The molecular formula is C26H29ClFN3O3. The highest BCUT2D eigenvalue weighted by atomic mass is 35.5. The smallest absolute Gasteiger partial charge is 0.255 e. The molecule has 0 radical (unpaired) electrons. The Morgan fingerprint density at radius 1 is 0.882 bits per heavy atom. The zero-order valence-corrected chi connectivity index (χ0v) is 19.7. The predicted octanol–water partition coefficient (Wildman–Crippen LogP) is 4.19. The summed E-state index contributed by atoms with van der Waals surface area (Å²) in [5, 5.41) is 6.55. The van der Waals surface area contributed by atoms with Crippen LogP contribution in [-0.2, 0) is 4.79 Å². The molecule has 2 aliphatic rings. The van der Waals surface area contributed by atoms with Crippen molar-refractivity contribution >= 4 is 29.3 Å². The second-order valence-corrected chi connectivity index (χ2v) is 9.46. The second-order valence-electron chi connectivity index (χ2n) is 9.06. The van der Waals surface area contributed by atoms with Crippen LogP contribution in [0.15, 0.2) is 48.5 Å². The highest BCUT2D eigenvalue weighted by molar-refractivity contribution is 6.33. The lowest BCUT2D eigenvalue weighted by atomic mass is 9.88. The van der Waals surface area contributed by atoms with Crippen molar-refractivity contribution in [2.24, 2.45) is 5.92 Å². The second kappa shape index (κ2) is 11.0. The van der Waals surface area contributed by atoms with Gasteiger partial charge in [0.15, 0.2) is 0 Å². The number of rotatable bonds is 5. The molecule has 0 spiro atoms. The van der Waals surface area contributed by atoms with Crippen molar-refractivity contribution in [3.05, 3.63) is 70.5 Å². The Morgan fingerprint density at radius 3 is 2.26 bits per heavy atom. The third-order valence-electron chi connectivity index (χ3n) is 6.70. The van der Waals surface area contributed by atoms with E-state index < -0.39 is 5.82 Å². The number of benzene rings is 2. The summed E-state index contributed by atoms with van der Waals surface area (Å²) >= 11 is 6.20. The summed E-state index contributed by atoms with van der Waals surface area (Å²) in [7, 11) is 0. The van der Waals surface area contributed by atoms with E-state index in [1.807, 2.05) is 0 Å². The average Bonchev–Trinajstić information content (AvgIpc) is 2.85. The standard InChI is InChI=1S/C26H29ClFN3O3/c27-21-8-2-1-7-20(21)26(34)31-15-5-6-18(16-31)25(33)30-23-10-4-3-9-22(23)29-24(32)17-11-13-19(28)14-12-17/h1-2,7-8,11-14,18,22-23H,3-6,9-10,15-16H2,(H,29,32)(H,30,33)/t18-,22-,23-/m1/s1. The number of carbonyl (C=O) groups is 3. The molecule has 3 atom stereocenters. The van der Waals surface area contributed by atoms with Gasteiger partial charge in [-0.1, -0.05) is 36.6 Å². The lowest BCUT2D eigenvalue weighted by molar-refractivity contribution is -0.127. The molecule has 2 aromatic rings. The summed E-state index contributed by atoms with van der Waals surface area (Å²) in [6.45, 7) is 0.933. The van der Waals surface area contributed by atoms with Crippen LogP contribution in [0.5, 0.6) is 0 Å². The molecule has 1 aliphatic heterocycles. The minimum absolute atomic E-state index is 0.0930. The number of likely N-dealkylation sites (tertiary alicyclic amines) is 1. The van der Waals surface area contributed by atoms with Crippen molar-refractivity contribution in [2.75, 3.05) is 13.1 Å². The molecule has 1 saturated heterocycles. The van der Waals surface area contributed by atoms with Crippen LogP contribution < -0.4 is 10.6 Å². The fourth-order valence-corrected chi connectivity index (χ4v) is 5.03. The number of hydrogen-bond donors (Lipinski definition) is 2. The Balaban J connectivity index is 1.37. The molecule has 1 saturated carbocycles. The average molecular weight is 486 g/mol. The molecule has 180 valence electrons. The number of carbonyl (C=O) groups excluding carboxylic acids is 3. The van der Waals surface area contributed by atoms with E-state index >= 15 is 0 Å². The number of halogens is 2. The van der Waals surface area contributed by atoms with Crippen LogP contribution in [0, 0.1) is 11.7 Å². The van der Waals surface area contributed by atoms with E-state index in [1.165, 1.54) is 24.3 Å². The van der Waals surface area contributed by atoms with Crippen LogP contribution in [0.4, 0.5) is 4.39 Å². The molecule has 2 aromatic carbocycles. The Hall–Kier alpha value is -2.93. The van der Waals surface area contributed by atoms with Crippen molar-refractivity contribution in [1.29, 1.82) is 0 Å². The number of nitrogens with zero attached hydrogens (tertiary/aromatic N) is 1. The van der Waals surface area contributed by atoms with Gasteiger partial charge in [-0.3, -0.25) is 14.4 Å². The molecule has 3 amide bonds. The molecule has 0 bridgehead atoms. The highest BCUT2D eigenvalue weighted by Gasteiger charge is 2.33. The van der Waals surface area contributed by atoms with Gasteiger partial charge in [0.25, 0.3) is 11.8 Å². The van der Waals surface area contributed by atoms with Crippen LogP contribution in [-0.4, -0.2) is 47.8 Å². The fraction of sp³-hybridized carbons (Fsp3) is 0.423. The van der Waals surface area contributed by atoms with E-state index in [0.717, 1.165) is 32.1 Å². The molecule has 1 heterocycles. The van der Waals surface area contributed by atoms with Gasteiger partial charge in [-0.25, -0.2) is 4.39 Å². The van der Waals surface area contributed by atoms with E-state index in [9.17, 15) is 18.8 Å². The van der Waals surface area contributed by atoms with Gasteiger partial charge in [0.05, 0.1) is 16.5 Å². The third-order valence-corrected chi connectivity index (χ3v) is 7.03. The van der Waals surface area contributed by atoms with Crippen molar-refractivity contribution in [2.45, 2.75) is 50.6 Å². The molecule has 6 nitrogen and oxygen atoms in total. The molecule has 2 fully saturated rings. The fourth-order valence-electron chi connectivity index (χ4n) is 4.81. The quantitative estimate of drug-likeness (QED) is 0.666. The SMILES string of the molecule is O=C(N[C@@H]1CCCC[C@H]1NC(=O)[C@@H]1CCCN(C(=O)c2ccccc2Cl)C1)c1ccc(F)cc1. The molecular weight excluding hydrogens is 457 g/mol. The molecule has 8 heteroatoms. The number of hydrogen-bond acceptors (Lipinski definition) is 3. The van der Waals surface area contributed by atoms with Crippen LogP contribution >= 0.6 is 11.6 Å². The Kier molecular flexibility index (Phi) is 7.83. The summed E-state index contributed by atoms with van der Waals surface area (Å²) in [4.78, 5) is 40.4. The maximum atomic E-state index is 13.2. The van der Waals surface area contributed by atoms with Crippen LogP contribution in [0.25, 0.3) is 0 Å². The third kappa shape index (κ3) is 5.76. The maximum absolute atomic E-state index is 13.2. The van der Waals surface area contributed by atoms with Gasteiger partial charge in [-0.05, 0) is 62.1 Å². The summed E-state index contributed by atoms with van der Waals surface area (Å²) in [5.41, 5.74) is 0.833. The Morgan fingerprint density at radius 2 is 1.56 bits per heavy atom. The number of nitrogens with one attached hydrogen (secondary N) is 2. The summed E-state index contributed by atoms with van der Waals surface area (Å²) < 4.78 is 13.2. The van der Waals surface area contributed by atoms with E-state index in [2.05, 4.69) is 10.6 Å². The first-order valence-electron chi connectivity index (χ1n) is 11.8. The first kappa shape index (κ1) is 24.2. The van der Waals surface area contributed by atoms with E-state index in [-0.39, 0.29) is 35.7 Å². The summed E-state index contributed by atoms with van der Waals surface area (Å²) in [5.74, 6) is -1.24. The monoisotopic (exact) mass is 485 g/mol. The van der Waals surface area contributed by atoms with Gasteiger partial charge in [-0.15, -0.1) is 0 Å². The zero-order chi connectivity index (χ0) is 24.1. The zero-order valence-electron chi connectivity index (χ0n) is 18.9. The molecule has 1 aliphatic carbocycles. The summed E-state index contributed by atoms with van der Waals surface area (Å²) in [6, 6.07) is 12.0. The normalized spacial score (nSPS) is 22.6. The van der Waals surface area contributed by atoms with Crippen LogP contribution in [0.1, 0.15) is 59.2 Å². The minimum atomic E-state index is -0.395. The highest BCUT2D eigenvalue weighted by Crippen LogP contribution is 2.24. The molecule has 0 unspecified atom stereocenters. The number of piperidine rings is 1. The lowest BCUT2D eigenvalue weighted by Crippen LogP contribution is -2.55. The van der Waals surface area contributed by atoms with E-state index in [0.29, 0.717) is 35.7 Å². The van der Waals surface area contributed by atoms with Gasteiger partial charge in [0, 0.05) is 30.7 Å². The van der Waals surface area contributed by atoms with Gasteiger partial charge < -0.3 is 15.5 Å². The Bertz CT molecular complexity index is 1050. The van der Waals surface area contributed by atoms with Crippen molar-refractivity contribution in [3.8, 4) is 0 Å². The molecule has 34 heavy (non-hydrogen) atoms. The molecule has 4 rings (SSSR count). The topological polar surface area (TPSA) is 78.5 Å². The van der Waals surface area contributed by atoms with Crippen molar-refractivity contribution in [1.82, 2.24) is 15.5 Å². The first-order valence-corrected chi connectivity index (χ1v) is 12.2. The van der Waals surface area contributed by atoms with Gasteiger partial charge in [0.2, 0.25) is 5.91 Å². The van der Waals surface area contributed by atoms with Crippen LogP contribution in [0.3, 0.4) is 0 Å². The molecule has 0 aromatic heterocycles. The Labute approximate surface area is 203 Å². The van der Waals surface area contributed by atoms with Gasteiger partial charge >= 0.3 is 0 Å². The van der Waals surface area contributed by atoms with Crippen LogP contribution in [0.2, 0.25) is 5.02 Å². The van der Waals surface area contributed by atoms with Crippen molar-refractivity contribution in [3.63, 3.8) is 0 Å². The maximum Gasteiger partial charge on any atom is 0.255 e. The van der Waals surface area contributed by atoms with E-state index in [4.69, 9.17) is 11.6 Å². The minimum Gasteiger partial charge on any atom is -0.351 e. The lowest BCUT2D eigenvalue weighted by Gasteiger charge is -2.36. The molecule has 2 N–H and O–H groups in total. The first-order chi connectivity index (χ1) is 16.4. The largest absolute Gasteiger partial charge is 0.351 e.